The molecule has 0 spiro atoms. The smallest absolute Gasteiger partial charge is 0.731 e. The molecule has 3 amide bonds. The Morgan fingerprint density at radius 1 is 1.33 bits per heavy atom. The van der Waals surface area contributed by atoms with E-state index in [9.17, 15) is 27.4 Å². The maximum atomic E-state index is 12.7. The first-order valence-corrected chi connectivity index (χ1v) is 10.5. The predicted molar refractivity (Wildman–Crippen MR) is 101 cm³/mol. The van der Waals surface area contributed by atoms with E-state index in [-0.39, 0.29) is 40.3 Å². The van der Waals surface area contributed by atoms with Gasteiger partial charge in [0.15, 0.2) is 15.4 Å². The molecule has 1 saturated heterocycles. The molecule has 0 saturated carbocycles. The summed E-state index contributed by atoms with van der Waals surface area (Å²) in [7, 11) is -4.91. The number of aromatic nitrogens is 1. The number of nitrogens with zero attached hydrogens (tertiary/aromatic N) is 2. The Balaban J connectivity index is 0.00000320. The topological polar surface area (TPSA) is 175 Å². The van der Waals surface area contributed by atoms with Crippen molar-refractivity contribution in [2.24, 2.45) is 0 Å². The minimum Gasteiger partial charge on any atom is -0.731 e. The van der Waals surface area contributed by atoms with E-state index in [1.165, 1.54) is 11.3 Å². The van der Waals surface area contributed by atoms with Crippen LogP contribution in [0.2, 0.25) is 0 Å². The van der Waals surface area contributed by atoms with E-state index in [1.807, 2.05) is 0 Å². The molecule has 1 unspecified atom stereocenters. The summed E-state index contributed by atoms with van der Waals surface area (Å²) in [6.45, 7) is -0.454. The average molecular weight is 461 g/mol. The van der Waals surface area contributed by atoms with Crippen LogP contribution in [0.5, 0.6) is 0 Å². The number of rotatable bonds is 7. The maximum Gasteiger partial charge on any atom is 1.00 e. The summed E-state index contributed by atoms with van der Waals surface area (Å²) in [4.78, 5) is 40.8. The number of thiazole rings is 1. The summed E-state index contributed by atoms with van der Waals surface area (Å²) in [6.07, 6.45) is -0.102. The zero-order valence-electron chi connectivity index (χ0n) is 15.8. The van der Waals surface area contributed by atoms with Gasteiger partial charge in [-0.2, -0.15) is 0 Å². The fraction of sp³-hybridized carbons (Fsp3) is 0.250. The first-order chi connectivity index (χ1) is 13.6. The van der Waals surface area contributed by atoms with Gasteiger partial charge in [0.05, 0.1) is 18.7 Å². The molecule has 154 valence electrons. The number of carbonyl (C=O) groups excluding carboxylic acids is 3. The van der Waals surface area contributed by atoms with Crippen LogP contribution in [-0.4, -0.2) is 52.6 Å². The second kappa shape index (κ2) is 9.85. The zero-order valence-corrected chi connectivity index (χ0v) is 19.4. The Bertz CT molecular complexity index is 1050. The van der Waals surface area contributed by atoms with Gasteiger partial charge in [0.25, 0.3) is 5.91 Å². The monoisotopic (exact) mass is 461 g/mol. The molecule has 1 aromatic carbocycles. The predicted octanol–water partition coefficient (Wildman–Crippen LogP) is -4.08. The van der Waals surface area contributed by atoms with Crippen molar-refractivity contribution in [3.63, 3.8) is 0 Å². The van der Waals surface area contributed by atoms with Crippen molar-refractivity contribution >= 4 is 44.5 Å². The van der Waals surface area contributed by atoms with Crippen LogP contribution < -0.4 is 45.9 Å². The minimum absolute atomic E-state index is 0. The second-order valence-corrected chi connectivity index (χ2v) is 8.34. The van der Waals surface area contributed by atoms with Crippen molar-refractivity contribution in [3.05, 3.63) is 47.0 Å². The normalized spacial score (nSPS) is 16.8. The fourth-order valence-corrected chi connectivity index (χ4v) is 3.93. The van der Waals surface area contributed by atoms with Gasteiger partial charge in [-0.1, -0.05) is 30.3 Å². The van der Waals surface area contributed by atoms with Gasteiger partial charge >= 0.3 is 29.6 Å². The number of hydrogen-bond donors (Lipinski definition) is 3. The van der Waals surface area contributed by atoms with E-state index in [0.717, 1.165) is 0 Å². The first kappa shape index (κ1) is 24.2. The Morgan fingerprint density at radius 3 is 2.53 bits per heavy atom. The van der Waals surface area contributed by atoms with Crippen LogP contribution in [0.1, 0.15) is 17.3 Å². The Morgan fingerprint density at radius 2 is 2.00 bits per heavy atom. The van der Waals surface area contributed by atoms with Gasteiger partial charge in [0, 0.05) is 5.38 Å². The van der Waals surface area contributed by atoms with Crippen LogP contribution >= 0.6 is 11.3 Å². The molecule has 0 aliphatic carbocycles. The Kier molecular flexibility index (Phi) is 7.96. The summed E-state index contributed by atoms with van der Waals surface area (Å²) >= 11 is 1.18. The number of amides is 3. The number of carbonyl (C=O) groups is 3. The SMILES string of the molecule is Nc1nc(CC(=O)N[C@@H](C(=O)NC2CN(S(=O)(=O)[O-])C2=O)c2ccccc2)cs1.[Na+]. The van der Waals surface area contributed by atoms with E-state index in [4.69, 9.17) is 5.73 Å². The first-order valence-electron chi connectivity index (χ1n) is 8.27. The number of hydrogen-bond acceptors (Lipinski definition) is 9. The molecule has 1 aromatic heterocycles. The van der Waals surface area contributed by atoms with Crippen molar-refractivity contribution < 1.29 is 56.9 Å². The Hall–Kier alpha value is -2.03. The van der Waals surface area contributed by atoms with Gasteiger partial charge in [-0.15, -0.1) is 11.3 Å². The van der Waals surface area contributed by atoms with Crippen LogP contribution in [0.25, 0.3) is 0 Å². The molecule has 2 aromatic rings. The summed E-state index contributed by atoms with van der Waals surface area (Å²) in [6, 6.07) is 6.00. The van der Waals surface area contributed by atoms with Gasteiger partial charge in [-0.3, -0.25) is 14.4 Å². The fourth-order valence-electron chi connectivity index (χ4n) is 2.69. The molecular weight excluding hydrogens is 445 g/mol. The number of β-lactam (4-membered cyclic amide) rings is 1. The molecule has 2 atom stereocenters. The van der Waals surface area contributed by atoms with E-state index in [2.05, 4.69) is 15.6 Å². The molecule has 1 aliphatic rings. The number of nitrogens with one attached hydrogen (secondary N) is 2. The molecule has 30 heavy (non-hydrogen) atoms. The van der Waals surface area contributed by atoms with Gasteiger partial charge in [-0.05, 0) is 5.56 Å². The summed E-state index contributed by atoms with van der Waals surface area (Å²) in [5.74, 6) is -2.24. The minimum atomic E-state index is -4.91. The molecule has 1 fully saturated rings. The molecule has 11 nitrogen and oxygen atoms in total. The van der Waals surface area contributed by atoms with Gasteiger partial charge in [0.1, 0.15) is 12.1 Å². The van der Waals surface area contributed by atoms with E-state index >= 15 is 0 Å². The molecule has 3 rings (SSSR count). The number of benzene rings is 1. The summed E-state index contributed by atoms with van der Waals surface area (Å²) in [5, 5.41) is 6.86. The standard InChI is InChI=1S/C16H17N5O6S2.Na/c17-16-18-10(8-28-16)6-12(22)20-13(9-4-2-1-3-5-9)14(23)19-11-7-21(15(11)24)29(25,26)27;/h1-5,8,11,13H,6-7H2,(H2,17,18)(H,19,23)(H,20,22)(H,25,26,27);/q;+1/p-1/t11?,13-;/m1./s1. The van der Waals surface area contributed by atoms with Crippen LogP contribution in [0.3, 0.4) is 0 Å². The second-order valence-electron chi connectivity index (χ2n) is 6.15. The van der Waals surface area contributed by atoms with Crippen molar-refractivity contribution in [2.75, 3.05) is 12.3 Å². The van der Waals surface area contributed by atoms with Gasteiger partial charge in [-0.25, -0.2) is 17.7 Å². The summed E-state index contributed by atoms with van der Waals surface area (Å²) in [5.41, 5.74) is 6.44. The Labute approximate surface area is 198 Å². The van der Waals surface area contributed by atoms with Crippen LogP contribution in [-0.2, 0) is 31.1 Å². The van der Waals surface area contributed by atoms with Crippen molar-refractivity contribution in [1.82, 2.24) is 19.9 Å². The molecular formula is C16H16N5NaO6S2. The largest absolute Gasteiger partial charge is 1.00 e. The molecule has 0 radical (unpaired) electrons. The summed E-state index contributed by atoms with van der Waals surface area (Å²) < 4.78 is 32.8. The van der Waals surface area contributed by atoms with E-state index in [1.54, 1.807) is 35.7 Å². The van der Waals surface area contributed by atoms with Crippen molar-refractivity contribution in [3.8, 4) is 0 Å². The van der Waals surface area contributed by atoms with E-state index < -0.39 is 46.7 Å². The molecule has 14 heteroatoms. The molecule has 2 heterocycles. The number of anilines is 1. The van der Waals surface area contributed by atoms with Gasteiger partial charge < -0.3 is 20.9 Å². The maximum absolute atomic E-state index is 12.7. The number of nitrogens with two attached hydrogens (primary N) is 1. The quantitative estimate of drug-likeness (QED) is 0.212. The van der Waals surface area contributed by atoms with Crippen molar-refractivity contribution in [1.29, 1.82) is 0 Å². The zero-order chi connectivity index (χ0) is 21.2. The van der Waals surface area contributed by atoms with Gasteiger partial charge in [0.2, 0.25) is 11.8 Å². The van der Waals surface area contributed by atoms with Crippen molar-refractivity contribution in [2.45, 2.75) is 18.5 Å². The molecule has 1 aliphatic heterocycles. The van der Waals surface area contributed by atoms with Crippen LogP contribution in [0.4, 0.5) is 5.13 Å². The van der Waals surface area contributed by atoms with Crippen LogP contribution in [0, 0.1) is 0 Å². The third kappa shape index (κ3) is 5.77. The third-order valence-electron chi connectivity index (χ3n) is 4.09. The van der Waals surface area contributed by atoms with E-state index in [0.29, 0.717) is 16.4 Å². The molecule has 4 N–H and O–H groups in total. The van der Waals surface area contributed by atoms with Crippen LogP contribution in [0.15, 0.2) is 35.7 Å². The third-order valence-corrected chi connectivity index (χ3v) is 5.68. The number of nitrogen functional groups attached to an aromatic ring is 1. The molecule has 0 bridgehead atoms. The average Bonchev–Trinajstić information content (AvgIpc) is 3.06.